The minimum Gasteiger partial charge on any atom is -0.497 e. The smallest absolute Gasteiger partial charge is 0.251 e. The number of nitrogens with one attached hydrogen (secondary N) is 1. The van der Waals surface area contributed by atoms with Crippen LogP contribution in [0.4, 0.5) is 0 Å². The zero-order valence-corrected chi connectivity index (χ0v) is 20.3. The first-order valence-corrected chi connectivity index (χ1v) is 11.8. The Morgan fingerprint density at radius 1 is 1.03 bits per heavy atom. The molecular formula is C26H33N5O3. The second-order valence-corrected chi connectivity index (χ2v) is 8.89. The highest BCUT2D eigenvalue weighted by molar-refractivity contribution is 5.94. The highest BCUT2D eigenvalue weighted by Crippen LogP contribution is 2.20. The van der Waals surface area contributed by atoms with Gasteiger partial charge in [0.1, 0.15) is 17.3 Å². The molecule has 0 aliphatic carbocycles. The number of fused-ring (bicyclic) bond motifs is 1. The van der Waals surface area contributed by atoms with E-state index < -0.39 is 0 Å². The fourth-order valence-corrected chi connectivity index (χ4v) is 4.18. The number of hydrogen-bond donors (Lipinski definition) is 1. The third-order valence-electron chi connectivity index (χ3n) is 5.92. The third kappa shape index (κ3) is 5.75. The summed E-state index contributed by atoms with van der Waals surface area (Å²) in [4.78, 5) is 15.2. The molecule has 2 heterocycles. The van der Waals surface area contributed by atoms with Crippen LogP contribution in [-0.2, 0) is 19.5 Å². The van der Waals surface area contributed by atoms with E-state index in [-0.39, 0.29) is 18.1 Å². The van der Waals surface area contributed by atoms with Crippen molar-refractivity contribution in [2.24, 2.45) is 0 Å². The van der Waals surface area contributed by atoms with Crippen molar-refractivity contribution in [1.82, 2.24) is 25.0 Å². The van der Waals surface area contributed by atoms with Gasteiger partial charge in [-0.2, -0.15) is 0 Å². The van der Waals surface area contributed by atoms with Crippen LogP contribution in [0.15, 0.2) is 48.5 Å². The van der Waals surface area contributed by atoms with Crippen molar-refractivity contribution in [2.45, 2.75) is 52.4 Å². The number of aromatic nitrogens is 3. The maximum absolute atomic E-state index is 12.8. The molecule has 0 radical (unpaired) electrons. The maximum atomic E-state index is 12.8. The van der Waals surface area contributed by atoms with Crippen LogP contribution < -0.4 is 14.8 Å². The predicted molar refractivity (Wildman–Crippen MR) is 130 cm³/mol. The Labute approximate surface area is 200 Å². The zero-order valence-electron chi connectivity index (χ0n) is 20.3. The van der Waals surface area contributed by atoms with Crippen LogP contribution in [0.1, 0.15) is 54.4 Å². The normalized spacial score (nSPS) is 14.9. The van der Waals surface area contributed by atoms with Crippen LogP contribution in [-0.4, -0.2) is 51.9 Å². The Hall–Kier alpha value is -3.39. The van der Waals surface area contributed by atoms with Gasteiger partial charge in [0.2, 0.25) is 0 Å². The van der Waals surface area contributed by atoms with E-state index >= 15 is 0 Å². The van der Waals surface area contributed by atoms with Crippen LogP contribution in [0.3, 0.4) is 0 Å². The van der Waals surface area contributed by atoms with E-state index in [2.05, 4.69) is 37.1 Å². The molecule has 0 bridgehead atoms. The molecule has 1 aliphatic rings. The molecule has 1 aliphatic heterocycles. The summed E-state index contributed by atoms with van der Waals surface area (Å²) in [6.45, 7) is 9.46. The second-order valence-electron chi connectivity index (χ2n) is 8.89. The SMILES string of the molecule is COc1cccc(C(=O)NC(C)c2nnc3n2CCN(Cc2ccc(OC(C)C)cc2)CC3)c1. The van der Waals surface area contributed by atoms with Crippen LogP contribution in [0.5, 0.6) is 11.5 Å². The van der Waals surface area contributed by atoms with Gasteiger partial charge in [0, 0.05) is 38.2 Å². The summed E-state index contributed by atoms with van der Waals surface area (Å²) in [5, 5.41) is 11.9. The topological polar surface area (TPSA) is 81.5 Å². The van der Waals surface area contributed by atoms with Gasteiger partial charge >= 0.3 is 0 Å². The Balaban J connectivity index is 1.37. The predicted octanol–water partition coefficient (Wildman–Crippen LogP) is 3.62. The molecule has 4 rings (SSSR count). The molecule has 0 fully saturated rings. The van der Waals surface area contributed by atoms with E-state index in [1.54, 1.807) is 25.3 Å². The number of carbonyl (C=O) groups excluding carboxylic acids is 1. The van der Waals surface area contributed by atoms with Gasteiger partial charge in [-0.1, -0.05) is 18.2 Å². The van der Waals surface area contributed by atoms with Gasteiger partial charge in [-0.05, 0) is 56.7 Å². The number of rotatable bonds is 8. The highest BCUT2D eigenvalue weighted by atomic mass is 16.5. The molecule has 1 amide bonds. The van der Waals surface area contributed by atoms with Gasteiger partial charge in [0.15, 0.2) is 5.82 Å². The van der Waals surface area contributed by atoms with Crippen molar-refractivity contribution in [2.75, 3.05) is 20.2 Å². The first-order valence-electron chi connectivity index (χ1n) is 11.8. The number of methoxy groups -OCH3 is 1. The average Bonchev–Trinajstić information content (AvgIpc) is 3.14. The van der Waals surface area contributed by atoms with Gasteiger partial charge in [-0.15, -0.1) is 10.2 Å². The maximum Gasteiger partial charge on any atom is 0.251 e. The molecule has 8 nitrogen and oxygen atoms in total. The molecule has 0 saturated carbocycles. The van der Waals surface area contributed by atoms with Gasteiger partial charge in [-0.25, -0.2) is 0 Å². The van der Waals surface area contributed by atoms with Gasteiger partial charge in [0.05, 0.1) is 19.3 Å². The largest absolute Gasteiger partial charge is 0.497 e. The lowest BCUT2D eigenvalue weighted by Crippen LogP contribution is -2.30. The molecule has 1 atom stereocenters. The number of amides is 1. The molecule has 1 N–H and O–H groups in total. The standard InChI is InChI=1S/C26H33N5O3/c1-18(2)34-22-10-8-20(9-11-22)17-30-13-12-24-28-29-25(31(24)15-14-30)19(3)27-26(32)21-6-5-7-23(16-21)33-4/h5-11,16,18-19H,12-15,17H2,1-4H3,(H,27,32). The number of nitrogens with zero attached hydrogens (tertiary/aromatic N) is 4. The van der Waals surface area contributed by atoms with E-state index in [0.717, 1.165) is 50.0 Å². The van der Waals surface area contributed by atoms with E-state index in [1.165, 1.54) is 5.56 Å². The molecular weight excluding hydrogens is 430 g/mol. The van der Waals surface area contributed by atoms with E-state index in [0.29, 0.717) is 11.3 Å². The van der Waals surface area contributed by atoms with Crippen molar-refractivity contribution in [3.63, 3.8) is 0 Å². The Morgan fingerprint density at radius 3 is 2.56 bits per heavy atom. The second kappa shape index (κ2) is 10.7. The molecule has 0 spiro atoms. The van der Waals surface area contributed by atoms with E-state index in [1.807, 2.05) is 39.0 Å². The van der Waals surface area contributed by atoms with E-state index in [4.69, 9.17) is 9.47 Å². The summed E-state index contributed by atoms with van der Waals surface area (Å²) in [5.74, 6) is 3.13. The minimum atomic E-state index is -0.264. The van der Waals surface area contributed by atoms with Crippen LogP contribution >= 0.6 is 0 Å². The molecule has 2 aromatic carbocycles. The molecule has 34 heavy (non-hydrogen) atoms. The Bertz CT molecular complexity index is 1110. The molecule has 0 saturated heterocycles. The lowest BCUT2D eigenvalue weighted by molar-refractivity contribution is 0.0937. The first kappa shape index (κ1) is 23.8. The highest BCUT2D eigenvalue weighted by Gasteiger charge is 2.23. The monoisotopic (exact) mass is 463 g/mol. The van der Waals surface area contributed by atoms with Crippen molar-refractivity contribution in [3.05, 3.63) is 71.3 Å². The van der Waals surface area contributed by atoms with Crippen molar-refractivity contribution in [3.8, 4) is 11.5 Å². The zero-order chi connectivity index (χ0) is 24.1. The van der Waals surface area contributed by atoms with Gasteiger partial charge < -0.3 is 19.4 Å². The number of hydrogen-bond acceptors (Lipinski definition) is 6. The van der Waals surface area contributed by atoms with Crippen molar-refractivity contribution in [1.29, 1.82) is 0 Å². The van der Waals surface area contributed by atoms with E-state index in [9.17, 15) is 4.79 Å². The fraction of sp³-hybridized carbons (Fsp3) is 0.423. The quantitative estimate of drug-likeness (QED) is 0.550. The number of ether oxygens (including phenoxy) is 2. The lowest BCUT2D eigenvalue weighted by Gasteiger charge is -2.20. The van der Waals surface area contributed by atoms with Crippen LogP contribution in [0, 0.1) is 0 Å². The summed E-state index contributed by atoms with van der Waals surface area (Å²) in [6.07, 6.45) is 0.988. The van der Waals surface area contributed by atoms with Crippen LogP contribution in [0.25, 0.3) is 0 Å². The third-order valence-corrected chi connectivity index (χ3v) is 5.92. The van der Waals surface area contributed by atoms with Gasteiger partial charge in [-0.3, -0.25) is 9.69 Å². The lowest BCUT2D eigenvalue weighted by atomic mass is 10.2. The summed E-state index contributed by atoms with van der Waals surface area (Å²) >= 11 is 0. The summed E-state index contributed by atoms with van der Waals surface area (Å²) in [7, 11) is 1.59. The number of benzene rings is 2. The molecule has 1 aromatic heterocycles. The van der Waals surface area contributed by atoms with Crippen LogP contribution in [0.2, 0.25) is 0 Å². The minimum absolute atomic E-state index is 0.163. The van der Waals surface area contributed by atoms with Crippen molar-refractivity contribution < 1.29 is 14.3 Å². The first-order chi connectivity index (χ1) is 16.4. The average molecular weight is 464 g/mol. The summed E-state index contributed by atoms with van der Waals surface area (Å²) < 4.78 is 13.1. The van der Waals surface area contributed by atoms with Crippen molar-refractivity contribution >= 4 is 5.91 Å². The molecule has 180 valence electrons. The fourth-order valence-electron chi connectivity index (χ4n) is 4.18. The van der Waals surface area contributed by atoms with Gasteiger partial charge in [0.25, 0.3) is 5.91 Å². The Morgan fingerprint density at radius 2 is 1.82 bits per heavy atom. The molecule has 1 unspecified atom stereocenters. The Kier molecular flexibility index (Phi) is 7.47. The summed E-state index contributed by atoms with van der Waals surface area (Å²) in [5.41, 5.74) is 1.81. The number of carbonyl (C=O) groups is 1. The molecule has 3 aromatic rings. The molecule has 8 heteroatoms. The summed E-state index contributed by atoms with van der Waals surface area (Å²) in [6, 6.07) is 15.2.